The number of benzene rings is 2. The molecule has 0 aliphatic heterocycles. The lowest BCUT2D eigenvalue weighted by molar-refractivity contribution is 0.624. The molecule has 1 aromatic heterocycles. The molecule has 3 aromatic rings. The van der Waals surface area contributed by atoms with Crippen molar-refractivity contribution in [3.8, 4) is 0 Å². The molecular weight excluding hydrogens is 291 g/mol. The summed E-state index contributed by atoms with van der Waals surface area (Å²) >= 11 is 8.35. The summed E-state index contributed by atoms with van der Waals surface area (Å²) in [5, 5.41) is 0.976. The molecule has 0 fully saturated rings. The molecule has 0 nitrogen and oxygen atoms in total. The number of aryl methyl sites for hydroxylation is 2. The molecule has 0 saturated carbocycles. The van der Waals surface area contributed by atoms with Gasteiger partial charge in [0, 0.05) is 9.58 Å². The van der Waals surface area contributed by atoms with Crippen molar-refractivity contribution in [2.45, 2.75) is 19.2 Å². The lowest BCUT2D eigenvalue weighted by Gasteiger charge is -2.14. The second-order valence-corrected chi connectivity index (χ2v) is 6.55. The zero-order chi connectivity index (χ0) is 14.3. The first-order valence-electron chi connectivity index (χ1n) is 6.45. The Hall–Kier alpha value is -1.38. The second-order valence-electron chi connectivity index (χ2n) is 5.00. The van der Waals surface area contributed by atoms with Crippen molar-refractivity contribution in [3.63, 3.8) is 0 Å². The SMILES string of the molecule is Cc1cc(F)cc(C)c1C(Cl)c1cc2ccccc2s1. The van der Waals surface area contributed by atoms with Crippen LogP contribution in [0.1, 0.15) is 26.9 Å². The Kier molecular flexibility index (Phi) is 3.53. The van der Waals surface area contributed by atoms with Crippen molar-refractivity contribution in [3.05, 3.63) is 69.8 Å². The zero-order valence-corrected chi connectivity index (χ0v) is 12.9. The second kappa shape index (κ2) is 5.19. The number of hydrogen-bond acceptors (Lipinski definition) is 1. The maximum atomic E-state index is 13.4. The van der Waals surface area contributed by atoms with Crippen LogP contribution in [0.2, 0.25) is 0 Å². The minimum absolute atomic E-state index is 0.205. The van der Waals surface area contributed by atoms with E-state index in [0.717, 1.165) is 21.6 Å². The Morgan fingerprint density at radius 2 is 1.70 bits per heavy atom. The van der Waals surface area contributed by atoms with Crippen molar-refractivity contribution in [1.82, 2.24) is 0 Å². The average molecular weight is 305 g/mol. The first kappa shape index (κ1) is 13.6. The molecule has 3 heteroatoms. The molecule has 0 N–H and O–H groups in total. The number of hydrogen-bond donors (Lipinski definition) is 0. The van der Waals surface area contributed by atoms with Gasteiger partial charge in [0.1, 0.15) is 5.82 Å². The van der Waals surface area contributed by atoms with E-state index in [1.807, 2.05) is 26.0 Å². The van der Waals surface area contributed by atoms with Gasteiger partial charge in [0.05, 0.1) is 5.38 Å². The van der Waals surface area contributed by atoms with Crippen LogP contribution in [0.15, 0.2) is 42.5 Å². The summed E-state index contributed by atoms with van der Waals surface area (Å²) in [6, 6.07) is 13.5. The maximum absolute atomic E-state index is 13.4. The van der Waals surface area contributed by atoms with Gasteiger partial charge < -0.3 is 0 Å². The maximum Gasteiger partial charge on any atom is 0.123 e. The highest BCUT2D eigenvalue weighted by molar-refractivity contribution is 7.19. The Labute approximate surface area is 126 Å². The number of rotatable bonds is 2. The minimum Gasteiger partial charge on any atom is -0.207 e. The normalized spacial score (nSPS) is 12.8. The summed E-state index contributed by atoms with van der Waals surface area (Å²) in [6.07, 6.45) is 0. The molecule has 0 radical (unpaired) electrons. The van der Waals surface area contributed by atoms with E-state index in [1.54, 1.807) is 23.5 Å². The van der Waals surface area contributed by atoms with E-state index in [1.165, 1.54) is 10.1 Å². The van der Waals surface area contributed by atoms with Crippen molar-refractivity contribution in [2.24, 2.45) is 0 Å². The summed E-state index contributed by atoms with van der Waals surface area (Å²) in [6.45, 7) is 3.82. The standard InChI is InChI=1S/C17H14ClFS/c1-10-7-13(19)8-11(2)16(10)17(18)15-9-12-5-3-4-6-14(12)20-15/h3-9,17H,1-2H3. The fraction of sp³-hybridized carbons (Fsp3) is 0.176. The number of halogens is 2. The third-order valence-electron chi connectivity index (χ3n) is 3.51. The van der Waals surface area contributed by atoms with E-state index in [0.29, 0.717) is 0 Å². The third kappa shape index (κ3) is 2.34. The van der Waals surface area contributed by atoms with Crippen LogP contribution in [0, 0.1) is 19.7 Å². The highest BCUT2D eigenvalue weighted by Gasteiger charge is 2.18. The molecule has 102 valence electrons. The Bertz CT molecular complexity index is 720. The molecular formula is C17H14ClFS. The van der Waals surface area contributed by atoms with Gasteiger partial charge in [0.2, 0.25) is 0 Å². The minimum atomic E-state index is -0.229. The first-order chi connectivity index (χ1) is 9.56. The van der Waals surface area contributed by atoms with Crippen LogP contribution in [-0.2, 0) is 0 Å². The summed E-state index contributed by atoms with van der Waals surface area (Å²) < 4.78 is 14.6. The third-order valence-corrected chi connectivity index (χ3v) is 5.27. The van der Waals surface area contributed by atoms with E-state index < -0.39 is 0 Å². The summed E-state index contributed by atoms with van der Waals surface area (Å²) in [7, 11) is 0. The Balaban J connectivity index is 2.10. The van der Waals surface area contributed by atoms with Gasteiger partial charge in [-0.2, -0.15) is 0 Å². The van der Waals surface area contributed by atoms with Crippen molar-refractivity contribution < 1.29 is 4.39 Å². The summed E-state index contributed by atoms with van der Waals surface area (Å²) in [5.41, 5.74) is 2.82. The predicted octanol–water partition coefficient (Wildman–Crippen LogP) is 5.99. The largest absolute Gasteiger partial charge is 0.207 e. The molecule has 0 aliphatic carbocycles. The number of alkyl halides is 1. The van der Waals surface area contributed by atoms with Crippen LogP contribution >= 0.6 is 22.9 Å². The molecule has 0 amide bonds. The van der Waals surface area contributed by atoms with Gasteiger partial charge in [-0.25, -0.2) is 4.39 Å². The van der Waals surface area contributed by atoms with Crippen LogP contribution in [0.3, 0.4) is 0 Å². The van der Waals surface area contributed by atoms with Crippen LogP contribution in [0.25, 0.3) is 10.1 Å². The predicted molar refractivity (Wildman–Crippen MR) is 85.4 cm³/mol. The molecule has 1 atom stereocenters. The number of thiophene rings is 1. The van der Waals surface area contributed by atoms with Crippen LogP contribution in [0.4, 0.5) is 4.39 Å². The van der Waals surface area contributed by atoms with E-state index in [4.69, 9.17) is 11.6 Å². The molecule has 3 rings (SSSR count). The summed E-state index contributed by atoms with van der Waals surface area (Å²) in [4.78, 5) is 1.10. The van der Waals surface area contributed by atoms with Gasteiger partial charge in [-0.3, -0.25) is 0 Å². The molecule has 0 saturated heterocycles. The van der Waals surface area contributed by atoms with Crippen LogP contribution in [-0.4, -0.2) is 0 Å². The van der Waals surface area contributed by atoms with E-state index in [9.17, 15) is 4.39 Å². The highest BCUT2D eigenvalue weighted by Crippen LogP contribution is 2.39. The lowest BCUT2D eigenvalue weighted by atomic mass is 9.98. The van der Waals surface area contributed by atoms with E-state index >= 15 is 0 Å². The smallest absolute Gasteiger partial charge is 0.123 e. The molecule has 1 unspecified atom stereocenters. The van der Waals surface area contributed by atoms with E-state index in [2.05, 4.69) is 18.2 Å². The van der Waals surface area contributed by atoms with Gasteiger partial charge in [-0.05, 0) is 60.2 Å². The van der Waals surface area contributed by atoms with Gasteiger partial charge in [0.15, 0.2) is 0 Å². The van der Waals surface area contributed by atoms with Gasteiger partial charge in [0.25, 0.3) is 0 Å². The van der Waals surface area contributed by atoms with E-state index in [-0.39, 0.29) is 11.2 Å². The lowest BCUT2D eigenvalue weighted by Crippen LogP contribution is -1.99. The fourth-order valence-corrected chi connectivity index (χ4v) is 4.18. The highest BCUT2D eigenvalue weighted by atomic mass is 35.5. The molecule has 0 spiro atoms. The van der Waals surface area contributed by atoms with Crippen LogP contribution < -0.4 is 0 Å². The summed E-state index contributed by atoms with van der Waals surface area (Å²) in [5.74, 6) is -0.205. The van der Waals surface area contributed by atoms with Gasteiger partial charge in [-0.15, -0.1) is 22.9 Å². The van der Waals surface area contributed by atoms with Crippen molar-refractivity contribution in [2.75, 3.05) is 0 Å². The fourth-order valence-electron chi connectivity index (χ4n) is 2.59. The molecule has 1 heterocycles. The van der Waals surface area contributed by atoms with Gasteiger partial charge in [-0.1, -0.05) is 18.2 Å². The molecule has 2 aromatic carbocycles. The molecule has 0 aliphatic rings. The number of fused-ring (bicyclic) bond motifs is 1. The van der Waals surface area contributed by atoms with Crippen molar-refractivity contribution >= 4 is 33.0 Å². The topological polar surface area (TPSA) is 0 Å². The zero-order valence-electron chi connectivity index (χ0n) is 11.3. The molecule has 20 heavy (non-hydrogen) atoms. The Morgan fingerprint density at radius 3 is 2.35 bits per heavy atom. The average Bonchev–Trinajstić information content (AvgIpc) is 2.81. The molecule has 0 bridgehead atoms. The quantitative estimate of drug-likeness (QED) is 0.510. The Morgan fingerprint density at radius 1 is 1.05 bits per heavy atom. The van der Waals surface area contributed by atoms with Crippen LogP contribution in [0.5, 0.6) is 0 Å². The monoisotopic (exact) mass is 304 g/mol. The van der Waals surface area contributed by atoms with Crippen molar-refractivity contribution in [1.29, 1.82) is 0 Å². The first-order valence-corrected chi connectivity index (χ1v) is 7.71. The van der Waals surface area contributed by atoms with Gasteiger partial charge >= 0.3 is 0 Å².